The van der Waals surface area contributed by atoms with Gasteiger partial charge in [-0.05, 0) is 47.1 Å². The van der Waals surface area contributed by atoms with Crippen LogP contribution in [-0.4, -0.2) is 45.3 Å². The summed E-state index contributed by atoms with van der Waals surface area (Å²) in [6.45, 7) is 14.2. The molecule has 1 unspecified atom stereocenters. The second-order valence-electron chi connectivity index (χ2n) is 11.2. The Morgan fingerprint density at radius 1 is 1.06 bits per heavy atom. The van der Waals surface area contributed by atoms with Gasteiger partial charge in [0.15, 0.2) is 11.9 Å². The molecule has 1 heterocycles. The van der Waals surface area contributed by atoms with Gasteiger partial charge >= 0.3 is 5.97 Å². The summed E-state index contributed by atoms with van der Waals surface area (Å²) in [5, 5.41) is 28.8. The van der Waals surface area contributed by atoms with Gasteiger partial charge in [-0.25, -0.2) is 4.79 Å². The number of carboxylic acids is 1. The Labute approximate surface area is 207 Å². The average Bonchev–Trinajstić information content (AvgIpc) is 3.05. The summed E-state index contributed by atoms with van der Waals surface area (Å²) in [5.74, 6) is -0.352. The van der Waals surface area contributed by atoms with E-state index < -0.39 is 12.1 Å². The number of phenolic OH excluding ortho intramolecular Hbond substituents is 1. The minimum Gasteiger partial charge on any atom is -0.507 e. The number of amidine groups is 1. The van der Waals surface area contributed by atoms with Gasteiger partial charge in [0.25, 0.3) is 0 Å². The monoisotopic (exact) mass is 480 g/mol. The fourth-order valence-electron chi connectivity index (χ4n) is 4.25. The lowest BCUT2D eigenvalue weighted by molar-refractivity contribution is -0.145. The molecule has 0 saturated heterocycles. The Kier molecular flexibility index (Phi) is 7.02. The molecular formula is C28H36N2O5. The number of carbonyl (C=O) groups excluding carboxylic acids is 1. The second kappa shape index (κ2) is 9.36. The Hall–Kier alpha value is -3.35. The van der Waals surface area contributed by atoms with E-state index in [4.69, 9.17) is 10.1 Å². The first-order chi connectivity index (χ1) is 16.1. The number of hydrogen-bond donors (Lipinski definition) is 3. The van der Waals surface area contributed by atoms with Crippen LogP contribution in [0.15, 0.2) is 30.3 Å². The molecular weight excluding hydrogens is 444 g/mol. The molecule has 0 amide bonds. The maximum Gasteiger partial charge on any atom is 0.344 e. The van der Waals surface area contributed by atoms with Crippen molar-refractivity contribution in [1.82, 2.24) is 4.90 Å². The number of nitrogens with zero attached hydrogens (tertiary/aromatic N) is 1. The maximum atomic E-state index is 13.4. The number of aromatic hydroxyl groups is 1. The second-order valence-corrected chi connectivity index (χ2v) is 11.2. The van der Waals surface area contributed by atoms with Gasteiger partial charge < -0.3 is 19.8 Å². The summed E-state index contributed by atoms with van der Waals surface area (Å²) < 4.78 is 5.58. The Bertz CT molecular complexity index is 1140. The van der Waals surface area contributed by atoms with E-state index in [1.54, 1.807) is 36.1 Å². The van der Waals surface area contributed by atoms with Gasteiger partial charge in [-0.3, -0.25) is 10.2 Å². The summed E-state index contributed by atoms with van der Waals surface area (Å²) in [6.07, 6.45) is -0.630. The van der Waals surface area contributed by atoms with Crippen molar-refractivity contribution in [2.24, 2.45) is 0 Å². The van der Waals surface area contributed by atoms with Crippen LogP contribution in [0.25, 0.3) is 0 Å². The minimum atomic E-state index is -1.03. The number of ketones is 1. The number of carbonyl (C=O) groups is 2. The highest BCUT2D eigenvalue weighted by Crippen LogP contribution is 2.40. The number of phenols is 1. The van der Waals surface area contributed by atoms with E-state index >= 15 is 0 Å². The van der Waals surface area contributed by atoms with Crippen molar-refractivity contribution in [3.8, 4) is 11.5 Å². The summed E-state index contributed by atoms with van der Waals surface area (Å²) in [7, 11) is 0. The van der Waals surface area contributed by atoms with E-state index in [0.717, 1.165) is 16.7 Å². The first kappa shape index (κ1) is 26.3. The van der Waals surface area contributed by atoms with Gasteiger partial charge in [0.1, 0.15) is 17.3 Å². The smallest absolute Gasteiger partial charge is 0.344 e. The van der Waals surface area contributed by atoms with E-state index in [0.29, 0.717) is 29.8 Å². The Morgan fingerprint density at radius 2 is 1.63 bits per heavy atom. The number of fused-ring (bicyclic) bond motifs is 1. The molecule has 3 N–H and O–H groups in total. The lowest BCUT2D eigenvalue weighted by atomic mass is 9.78. The van der Waals surface area contributed by atoms with Crippen LogP contribution in [0, 0.1) is 5.41 Å². The van der Waals surface area contributed by atoms with E-state index in [2.05, 4.69) is 0 Å². The number of hydrogen-bond acceptors (Lipinski definition) is 5. The Balaban J connectivity index is 1.86. The van der Waals surface area contributed by atoms with Crippen LogP contribution >= 0.6 is 0 Å². The van der Waals surface area contributed by atoms with Crippen molar-refractivity contribution < 1.29 is 24.5 Å². The number of benzene rings is 2. The lowest BCUT2D eigenvalue weighted by Gasteiger charge is -2.28. The third-order valence-electron chi connectivity index (χ3n) is 6.32. The topological polar surface area (TPSA) is 111 Å². The zero-order valence-corrected chi connectivity index (χ0v) is 21.7. The summed E-state index contributed by atoms with van der Waals surface area (Å²) in [6, 6.07) is 8.72. The molecule has 0 radical (unpaired) electrons. The molecule has 188 valence electrons. The molecule has 3 rings (SSSR count). The van der Waals surface area contributed by atoms with Crippen molar-refractivity contribution >= 4 is 17.6 Å². The zero-order chi connectivity index (χ0) is 26.3. The van der Waals surface area contributed by atoms with Crippen LogP contribution in [-0.2, 0) is 22.2 Å². The molecule has 2 aromatic carbocycles. The summed E-state index contributed by atoms with van der Waals surface area (Å²) in [5.41, 5.74) is 2.77. The quantitative estimate of drug-likeness (QED) is 0.467. The third-order valence-corrected chi connectivity index (χ3v) is 6.32. The standard InChI is InChI=1S/C28H36N2O5/c1-8-23(26(33)34)35-18-10-9-16-14-30(25(29)19(16)13-18)15-22(31)17-11-20(27(2,3)4)24(32)21(12-17)28(5,6)7/h9-13,23,29,32H,8,14-15H2,1-7H3,(H,33,34). The number of ether oxygens (including phenoxy) is 1. The van der Waals surface area contributed by atoms with E-state index in [1.807, 2.05) is 47.6 Å². The van der Waals surface area contributed by atoms with E-state index in [-0.39, 0.29) is 34.7 Å². The molecule has 2 aromatic rings. The minimum absolute atomic E-state index is 0.0222. The number of aliphatic carboxylic acids is 1. The van der Waals surface area contributed by atoms with Gasteiger partial charge in [-0.15, -0.1) is 0 Å². The molecule has 1 aliphatic heterocycles. The number of nitrogens with one attached hydrogen (secondary N) is 1. The number of rotatable bonds is 7. The predicted molar refractivity (Wildman–Crippen MR) is 136 cm³/mol. The molecule has 35 heavy (non-hydrogen) atoms. The first-order valence-corrected chi connectivity index (χ1v) is 11.9. The maximum absolute atomic E-state index is 13.4. The van der Waals surface area contributed by atoms with Crippen molar-refractivity contribution in [3.05, 3.63) is 58.1 Å². The highest BCUT2D eigenvalue weighted by atomic mass is 16.5. The third kappa shape index (κ3) is 5.50. The highest BCUT2D eigenvalue weighted by Gasteiger charge is 2.30. The summed E-state index contributed by atoms with van der Waals surface area (Å²) in [4.78, 5) is 26.4. The normalized spacial score (nSPS) is 14.6. The SMILES string of the molecule is CCC(Oc1ccc2c(c1)C(=N)N(CC(=O)c1cc(C(C)(C)C)c(O)c(C(C)(C)C)c1)C2)C(=O)O. The van der Waals surface area contributed by atoms with Gasteiger partial charge in [-0.1, -0.05) is 54.5 Å². The molecule has 0 spiro atoms. The largest absolute Gasteiger partial charge is 0.507 e. The fraction of sp³-hybridized carbons (Fsp3) is 0.464. The molecule has 1 aliphatic rings. The van der Waals surface area contributed by atoms with Crippen molar-refractivity contribution in [3.63, 3.8) is 0 Å². The molecule has 0 saturated carbocycles. The van der Waals surface area contributed by atoms with Crippen LogP contribution in [0.4, 0.5) is 0 Å². The van der Waals surface area contributed by atoms with Gasteiger partial charge in [0.2, 0.25) is 0 Å². The molecule has 0 fully saturated rings. The van der Waals surface area contributed by atoms with Gasteiger partial charge in [-0.2, -0.15) is 0 Å². The van der Waals surface area contributed by atoms with Crippen molar-refractivity contribution in [2.45, 2.75) is 78.4 Å². The Morgan fingerprint density at radius 3 is 2.11 bits per heavy atom. The molecule has 0 aliphatic carbocycles. The first-order valence-electron chi connectivity index (χ1n) is 11.9. The molecule has 7 nitrogen and oxygen atoms in total. The fourth-order valence-corrected chi connectivity index (χ4v) is 4.25. The van der Waals surface area contributed by atoms with Gasteiger partial charge in [0, 0.05) is 28.8 Å². The number of carboxylic acid groups (broad SMARTS) is 1. The molecule has 7 heteroatoms. The van der Waals surface area contributed by atoms with Crippen LogP contribution in [0.1, 0.15) is 87.5 Å². The molecule has 1 atom stereocenters. The van der Waals surface area contributed by atoms with Crippen LogP contribution in [0.5, 0.6) is 11.5 Å². The predicted octanol–water partition coefficient (Wildman–Crippen LogP) is 5.25. The average molecular weight is 481 g/mol. The van der Waals surface area contributed by atoms with Crippen LogP contribution < -0.4 is 4.74 Å². The van der Waals surface area contributed by atoms with Crippen molar-refractivity contribution in [2.75, 3.05) is 6.54 Å². The van der Waals surface area contributed by atoms with E-state index in [9.17, 15) is 19.8 Å². The molecule has 0 bridgehead atoms. The highest BCUT2D eigenvalue weighted by molar-refractivity contribution is 6.05. The lowest BCUT2D eigenvalue weighted by Crippen LogP contribution is -2.30. The van der Waals surface area contributed by atoms with Crippen LogP contribution in [0.3, 0.4) is 0 Å². The van der Waals surface area contributed by atoms with Gasteiger partial charge in [0.05, 0.1) is 6.54 Å². The molecule has 0 aromatic heterocycles. The van der Waals surface area contributed by atoms with Crippen LogP contribution in [0.2, 0.25) is 0 Å². The van der Waals surface area contributed by atoms with Crippen molar-refractivity contribution in [1.29, 1.82) is 5.41 Å². The summed E-state index contributed by atoms with van der Waals surface area (Å²) >= 11 is 0. The number of Topliss-reactive ketones (excluding diaryl/α,β-unsaturated/α-hetero) is 1. The zero-order valence-electron chi connectivity index (χ0n) is 21.7. The van der Waals surface area contributed by atoms with E-state index in [1.165, 1.54) is 0 Å².